The topological polar surface area (TPSA) is 33.1 Å². The summed E-state index contributed by atoms with van der Waals surface area (Å²) in [6.45, 7) is 0. The molecule has 1 aromatic heterocycles. The zero-order chi connectivity index (χ0) is 12.3. The molecule has 1 unspecified atom stereocenters. The Morgan fingerprint density at radius 1 is 1.35 bits per heavy atom. The zero-order valence-corrected chi connectivity index (χ0v) is 10.6. The van der Waals surface area contributed by atoms with Gasteiger partial charge in [-0.1, -0.05) is 22.0 Å². The van der Waals surface area contributed by atoms with Crippen LogP contribution in [0, 0.1) is 5.82 Å². The molecule has 1 heterocycles. The Morgan fingerprint density at radius 2 is 2.18 bits per heavy atom. The first-order valence-electron chi connectivity index (χ1n) is 5.19. The van der Waals surface area contributed by atoms with E-state index in [4.69, 9.17) is 0 Å². The minimum absolute atomic E-state index is 0.353. The predicted octanol–water partition coefficient (Wildman–Crippen LogP) is 3.26. The van der Waals surface area contributed by atoms with Crippen LogP contribution >= 0.6 is 15.9 Å². The van der Waals surface area contributed by atoms with Crippen molar-refractivity contribution >= 4 is 15.9 Å². The Labute approximate surface area is 107 Å². The highest BCUT2D eigenvalue weighted by molar-refractivity contribution is 9.10. The maximum atomic E-state index is 13.1. The molecule has 0 aliphatic heterocycles. The van der Waals surface area contributed by atoms with Crippen molar-refractivity contribution in [2.75, 3.05) is 0 Å². The summed E-state index contributed by atoms with van der Waals surface area (Å²) in [5.41, 5.74) is 1.46. The van der Waals surface area contributed by atoms with Gasteiger partial charge in [-0.25, -0.2) is 4.39 Å². The first-order chi connectivity index (χ1) is 8.16. The van der Waals surface area contributed by atoms with E-state index < -0.39 is 6.10 Å². The average molecular weight is 296 g/mol. The van der Waals surface area contributed by atoms with Gasteiger partial charge in [0, 0.05) is 23.3 Å². The van der Waals surface area contributed by atoms with Gasteiger partial charge in [0.2, 0.25) is 0 Å². The van der Waals surface area contributed by atoms with Crippen LogP contribution in [0.15, 0.2) is 47.2 Å². The highest BCUT2D eigenvalue weighted by Gasteiger charge is 2.13. The standard InChI is InChI=1S/C13H11BrFNO/c14-12-4-3-10(15)7-11(12)13(17)6-9-2-1-5-16-8-9/h1-5,7-8,13,17H,6H2. The molecule has 0 aliphatic carbocycles. The summed E-state index contributed by atoms with van der Waals surface area (Å²) in [6, 6.07) is 7.97. The molecular formula is C13H11BrFNO. The summed E-state index contributed by atoms with van der Waals surface area (Å²) in [6.07, 6.45) is 3.03. The van der Waals surface area contributed by atoms with Crippen LogP contribution in [0.2, 0.25) is 0 Å². The number of aliphatic hydroxyl groups is 1. The number of aliphatic hydroxyl groups excluding tert-OH is 1. The smallest absolute Gasteiger partial charge is 0.123 e. The van der Waals surface area contributed by atoms with Crippen molar-refractivity contribution < 1.29 is 9.50 Å². The lowest BCUT2D eigenvalue weighted by atomic mass is 10.0. The van der Waals surface area contributed by atoms with Gasteiger partial charge in [-0.05, 0) is 35.4 Å². The molecule has 0 aliphatic rings. The van der Waals surface area contributed by atoms with Gasteiger partial charge in [0.05, 0.1) is 6.10 Å². The summed E-state index contributed by atoms with van der Waals surface area (Å²) in [5.74, 6) is -0.353. The van der Waals surface area contributed by atoms with Crippen LogP contribution < -0.4 is 0 Å². The molecule has 0 spiro atoms. The van der Waals surface area contributed by atoms with Crippen LogP contribution in [0.4, 0.5) is 4.39 Å². The summed E-state index contributed by atoms with van der Waals surface area (Å²) in [7, 11) is 0. The van der Waals surface area contributed by atoms with Gasteiger partial charge < -0.3 is 5.11 Å². The monoisotopic (exact) mass is 295 g/mol. The van der Waals surface area contributed by atoms with Crippen molar-refractivity contribution in [1.29, 1.82) is 0 Å². The Morgan fingerprint density at radius 3 is 2.88 bits per heavy atom. The molecule has 2 nitrogen and oxygen atoms in total. The first-order valence-corrected chi connectivity index (χ1v) is 5.98. The van der Waals surface area contributed by atoms with Gasteiger partial charge >= 0.3 is 0 Å². The molecule has 0 bridgehead atoms. The fraction of sp³-hybridized carbons (Fsp3) is 0.154. The summed E-state index contributed by atoms with van der Waals surface area (Å²) in [5, 5.41) is 10.1. The van der Waals surface area contributed by atoms with Crippen molar-refractivity contribution in [2.24, 2.45) is 0 Å². The Bertz CT molecular complexity index is 504. The summed E-state index contributed by atoms with van der Waals surface area (Å²) in [4.78, 5) is 3.97. The minimum atomic E-state index is -0.746. The van der Waals surface area contributed by atoms with E-state index in [1.54, 1.807) is 18.5 Å². The van der Waals surface area contributed by atoms with Crippen molar-refractivity contribution in [3.63, 3.8) is 0 Å². The molecule has 2 rings (SSSR count). The maximum Gasteiger partial charge on any atom is 0.123 e. The van der Waals surface area contributed by atoms with E-state index >= 15 is 0 Å². The summed E-state index contributed by atoms with van der Waals surface area (Å²) < 4.78 is 13.8. The number of nitrogens with zero attached hydrogens (tertiary/aromatic N) is 1. The van der Waals surface area contributed by atoms with Crippen molar-refractivity contribution in [2.45, 2.75) is 12.5 Å². The second kappa shape index (κ2) is 5.38. The molecule has 0 amide bonds. The van der Waals surface area contributed by atoms with E-state index in [1.165, 1.54) is 12.1 Å². The molecule has 0 radical (unpaired) electrons. The van der Waals surface area contributed by atoms with Crippen LogP contribution in [0.1, 0.15) is 17.2 Å². The van der Waals surface area contributed by atoms with Crippen LogP contribution in [-0.2, 0) is 6.42 Å². The van der Waals surface area contributed by atoms with Crippen LogP contribution in [-0.4, -0.2) is 10.1 Å². The third-order valence-corrected chi connectivity index (χ3v) is 3.19. The number of hydrogen-bond donors (Lipinski definition) is 1. The number of aromatic nitrogens is 1. The van der Waals surface area contributed by atoms with Gasteiger partial charge in [-0.2, -0.15) is 0 Å². The molecule has 4 heteroatoms. The molecule has 88 valence electrons. The van der Waals surface area contributed by atoms with E-state index in [0.29, 0.717) is 16.5 Å². The van der Waals surface area contributed by atoms with E-state index in [2.05, 4.69) is 20.9 Å². The SMILES string of the molecule is OC(Cc1cccnc1)c1cc(F)ccc1Br. The fourth-order valence-corrected chi connectivity index (χ4v) is 2.13. The van der Waals surface area contributed by atoms with E-state index in [-0.39, 0.29) is 5.82 Å². The number of hydrogen-bond acceptors (Lipinski definition) is 2. The lowest BCUT2D eigenvalue weighted by molar-refractivity contribution is 0.177. The zero-order valence-electron chi connectivity index (χ0n) is 8.98. The number of pyridine rings is 1. The second-order valence-electron chi connectivity index (χ2n) is 3.75. The predicted molar refractivity (Wildman–Crippen MR) is 67.0 cm³/mol. The van der Waals surface area contributed by atoms with Crippen molar-refractivity contribution in [3.8, 4) is 0 Å². The Kier molecular flexibility index (Phi) is 3.86. The maximum absolute atomic E-state index is 13.1. The van der Waals surface area contributed by atoms with Crippen LogP contribution in [0.5, 0.6) is 0 Å². The van der Waals surface area contributed by atoms with E-state index in [1.807, 2.05) is 12.1 Å². The largest absolute Gasteiger partial charge is 0.388 e. The van der Waals surface area contributed by atoms with E-state index in [0.717, 1.165) is 5.56 Å². The molecule has 0 fully saturated rings. The molecule has 0 saturated carbocycles. The third-order valence-electron chi connectivity index (χ3n) is 2.47. The minimum Gasteiger partial charge on any atom is -0.388 e. The van der Waals surface area contributed by atoms with Crippen molar-refractivity contribution in [1.82, 2.24) is 4.98 Å². The van der Waals surface area contributed by atoms with Gasteiger partial charge in [0.25, 0.3) is 0 Å². The molecule has 1 atom stereocenters. The van der Waals surface area contributed by atoms with Gasteiger partial charge in [0.15, 0.2) is 0 Å². The highest BCUT2D eigenvalue weighted by Crippen LogP contribution is 2.26. The van der Waals surface area contributed by atoms with Gasteiger partial charge in [-0.15, -0.1) is 0 Å². The number of halogens is 2. The lowest BCUT2D eigenvalue weighted by Gasteiger charge is -2.12. The normalized spacial score (nSPS) is 12.4. The lowest BCUT2D eigenvalue weighted by Crippen LogP contribution is -2.03. The molecule has 17 heavy (non-hydrogen) atoms. The Balaban J connectivity index is 2.20. The fourth-order valence-electron chi connectivity index (χ4n) is 1.62. The number of rotatable bonds is 3. The molecule has 0 saturated heterocycles. The first kappa shape index (κ1) is 12.2. The molecule has 1 N–H and O–H groups in total. The van der Waals surface area contributed by atoms with Gasteiger partial charge in [0.1, 0.15) is 5.82 Å². The highest BCUT2D eigenvalue weighted by atomic mass is 79.9. The number of benzene rings is 1. The van der Waals surface area contributed by atoms with Crippen LogP contribution in [0.25, 0.3) is 0 Å². The third kappa shape index (κ3) is 3.11. The molecule has 2 aromatic rings. The summed E-state index contributed by atoms with van der Waals surface area (Å²) >= 11 is 3.30. The Hall–Kier alpha value is -1.26. The molecule has 1 aromatic carbocycles. The second-order valence-corrected chi connectivity index (χ2v) is 4.60. The van der Waals surface area contributed by atoms with Crippen molar-refractivity contribution in [3.05, 3.63) is 64.1 Å². The quantitative estimate of drug-likeness (QED) is 0.943. The van der Waals surface area contributed by atoms with Crippen LogP contribution in [0.3, 0.4) is 0 Å². The molecular weight excluding hydrogens is 285 g/mol. The van der Waals surface area contributed by atoms with E-state index in [9.17, 15) is 9.50 Å². The van der Waals surface area contributed by atoms with Gasteiger partial charge in [-0.3, -0.25) is 4.98 Å². The average Bonchev–Trinajstić information content (AvgIpc) is 2.33.